The van der Waals surface area contributed by atoms with E-state index in [2.05, 4.69) is 99.1 Å². The summed E-state index contributed by atoms with van der Waals surface area (Å²) in [5.41, 5.74) is 7.59. The van der Waals surface area contributed by atoms with Crippen molar-refractivity contribution in [3.8, 4) is 0 Å². The number of allylic oxidation sites excluding steroid dienone is 1. The highest BCUT2D eigenvalue weighted by Gasteiger charge is 2.38. The Labute approximate surface area is 248 Å². The lowest BCUT2D eigenvalue weighted by atomic mass is 9.73. The fourth-order valence-electron chi connectivity index (χ4n) is 6.51. The standard InChI is InChI=1S/C38H33NO2Si/c1-38(2)32-12-8-9-13-34(32)39(27-15-17-28(18-16-27)42(3,4)5)35-19-14-24(21-33(35)38)20-31-36(40)29-22-25-10-6-7-11-26(25)23-30(29)37(31)41/h6-23H,1-5H3. The Balaban J connectivity index is 1.34. The average molecular weight is 564 g/mol. The van der Waals surface area contributed by atoms with Gasteiger partial charge in [-0.3, -0.25) is 9.59 Å². The Morgan fingerprint density at radius 1 is 0.643 bits per heavy atom. The number of benzene rings is 5. The number of carbonyl (C=O) groups is 2. The highest BCUT2D eigenvalue weighted by Crippen LogP contribution is 2.52. The zero-order valence-corrected chi connectivity index (χ0v) is 25.7. The molecule has 0 saturated heterocycles. The number of para-hydroxylation sites is 1. The Kier molecular flexibility index (Phi) is 5.80. The molecule has 0 amide bonds. The Hall–Kier alpha value is -4.54. The van der Waals surface area contributed by atoms with E-state index in [1.807, 2.05) is 42.5 Å². The molecule has 2 aliphatic rings. The fraction of sp³-hybridized carbons (Fsp3) is 0.158. The van der Waals surface area contributed by atoms with Crippen molar-refractivity contribution >= 4 is 58.7 Å². The molecule has 5 aromatic rings. The van der Waals surface area contributed by atoms with E-state index in [9.17, 15) is 9.59 Å². The number of fused-ring (bicyclic) bond motifs is 4. The molecular formula is C38H33NO2Si. The first kappa shape index (κ1) is 26.4. The molecule has 3 nitrogen and oxygen atoms in total. The molecule has 0 saturated carbocycles. The van der Waals surface area contributed by atoms with Gasteiger partial charge in [-0.15, -0.1) is 0 Å². The zero-order valence-electron chi connectivity index (χ0n) is 24.7. The van der Waals surface area contributed by atoms with Crippen LogP contribution in [0.15, 0.2) is 109 Å². The molecule has 4 heteroatoms. The maximum atomic E-state index is 13.5. The molecule has 0 bridgehead atoms. The lowest BCUT2D eigenvalue weighted by Gasteiger charge is -2.42. The van der Waals surface area contributed by atoms with Gasteiger partial charge in [-0.2, -0.15) is 0 Å². The van der Waals surface area contributed by atoms with Crippen molar-refractivity contribution < 1.29 is 9.59 Å². The summed E-state index contributed by atoms with van der Waals surface area (Å²) >= 11 is 0. The third-order valence-corrected chi connectivity index (χ3v) is 11.0. The monoisotopic (exact) mass is 563 g/mol. The third kappa shape index (κ3) is 4.01. The summed E-state index contributed by atoms with van der Waals surface area (Å²) in [5, 5.41) is 3.36. The quantitative estimate of drug-likeness (QED) is 0.125. The van der Waals surface area contributed by atoms with Gasteiger partial charge in [0.05, 0.1) is 25.0 Å². The van der Waals surface area contributed by atoms with Gasteiger partial charge in [-0.1, -0.05) is 99.3 Å². The number of Topliss-reactive ketones (excluding diaryl/α,β-unsaturated/α-hetero) is 2. The van der Waals surface area contributed by atoms with E-state index >= 15 is 0 Å². The van der Waals surface area contributed by atoms with Crippen molar-refractivity contribution in [2.45, 2.75) is 38.9 Å². The summed E-state index contributed by atoms with van der Waals surface area (Å²) < 4.78 is 0. The third-order valence-electron chi connectivity index (χ3n) is 8.92. The molecule has 1 aliphatic carbocycles. The Bertz CT molecular complexity index is 1920. The van der Waals surface area contributed by atoms with Crippen molar-refractivity contribution in [2.24, 2.45) is 0 Å². The normalized spacial score (nSPS) is 15.5. The summed E-state index contributed by atoms with van der Waals surface area (Å²) in [6.45, 7) is 11.6. The second kappa shape index (κ2) is 9.23. The van der Waals surface area contributed by atoms with Crippen LogP contribution >= 0.6 is 0 Å². The Morgan fingerprint density at radius 2 is 1.21 bits per heavy atom. The second-order valence-electron chi connectivity index (χ2n) is 13.0. The van der Waals surface area contributed by atoms with E-state index in [1.54, 1.807) is 6.08 Å². The van der Waals surface area contributed by atoms with Crippen LogP contribution in [0.5, 0.6) is 0 Å². The van der Waals surface area contributed by atoms with Crippen LogP contribution in [-0.2, 0) is 5.41 Å². The van der Waals surface area contributed by atoms with Crippen molar-refractivity contribution in [2.75, 3.05) is 4.90 Å². The molecule has 0 atom stereocenters. The van der Waals surface area contributed by atoms with Crippen LogP contribution in [0.1, 0.15) is 51.3 Å². The second-order valence-corrected chi connectivity index (χ2v) is 18.1. The first-order valence-electron chi connectivity index (χ1n) is 14.5. The smallest absolute Gasteiger partial charge is 0.197 e. The molecule has 0 N–H and O–H groups in total. The summed E-state index contributed by atoms with van der Waals surface area (Å²) in [6.07, 6.45) is 1.78. The largest absolute Gasteiger partial charge is 0.310 e. The van der Waals surface area contributed by atoms with Crippen molar-refractivity contribution in [1.82, 2.24) is 0 Å². The molecule has 0 radical (unpaired) electrons. The van der Waals surface area contributed by atoms with Crippen LogP contribution in [0.4, 0.5) is 17.1 Å². The molecule has 42 heavy (non-hydrogen) atoms. The number of anilines is 3. The molecule has 0 unspecified atom stereocenters. The van der Waals surface area contributed by atoms with E-state index in [4.69, 9.17) is 0 Å². The Morgan fingerprint density at radius 3 is 1.83 bits per heavy atom. The lowest BCUT2D eigenvalue weighted by Crippen LogP contribution is -2.37. The van der Waals surface area contributed by atoms with Crippen LogP contribution in [0.3, 0.4) is 0 Å². The number of hydrogen-bond donors (Lipinski definition) is 0. The van der Waals surface area contributed by atoms with Crippen molar-refractivity contribution in [3.63, 3.8) is 0 Å². The predicted octanol–water partition coefficient (Wildman–Crippen LogP) is 8.96. The van der Waals surface area contributed by atoms with Gasteiger partial charge in [0, 0.05) is 22.2 Å². The lowest BCUT2D eigenvalue weighted by molar-refractivity contribution is 0.0990. The molecule has 7 rings (SSSR count). The van der Waals surface area contributed by atoms with E-state index < -0.39 is 8.07 Å². The molecule has 1 aliphatic heterocycles. The van der Waals surface area contributed by atoms with E-state index in [0.717, 1.165) is 33.3 Å². The van der Waals surface area contributed by atoms with Crippen molar-refractivity contribution in [3.05, 3.63) is 137 Å². The van der Waals surface area contributed by atoms with E-state index in [0.29, 0.717) is 11.1 Å². The highest BCUT2D eigenvalue weighted by atomic mass is 28.3. The molecule has 206 valence electrons. The van der Waals surface area contributed by atoms with Gasteiger partial charge in [0.25, 0.3) is 0 Å². The molecule has 1 heterocycles. The minimum Gasteiger partial charge on any atom is -0.310 e. The summed E-state index contributed by atoms with van der Waals surface area (Å²) in [7, 11) is -1.43. The minimum absolute atomic E-state index is 0.202. The molecular weight excluding hydrogens is 531 g/mol. The number of hydrogen-bond acceptors (Lipinski definition) is 3. The molecule has 0 fully saturated rings. The van der Waals surface area contributed by atoms with Gasteiger partial charge in [-0.25, -0.2) is 0 Å². The van der Waals surface area contributed by atoms with Crippen LogP contribution in [-0.4, -0.2) is 19.6 Å². The maximum Gasteiger partial charge on any atom is 0.197 e. The van der Waals surface area contributed by atoms with Crippen LogP contribution < -0.4 is 10.1 Å². The zero-order chi connectivity index (χ0) is 29.4. The van der Waals surface area contributed by atoms with Gasteiger partial charge in [0.1, 0.15) is 0 Å². The minimum atomic E-state index is -1.43. The van der Waals surface area contributed by atoms with Crippen LogP contribution in [0.25, 0.3) is 16.8 Å². The molecule has 5 aromatic carbocycles. The molecule has 0 spiro atoms. The van der Waals surface area contributed by atoms with Gasteiger partial charge in [-0.05, 0) is 76.0 Å². The van der Waals surface area contributed by atoms with Gasteiger partial charge < -0.3 is 4.90 Å². The first-order valence-corrected chi connectivity index (χ1v) is 18.0. The van der Waals surface area contributed by atoms with Gasteiger partial charge in [0.15, 0.2) is 11.6 Å². The first-order chi connectivity index (χ1) is 20.0. The number of nitrogens with zero attached hydrogens (tertiary/aromatic N) is 1. The summed E-state index contributed by atoms with van der Waals surface area (Å²) in [4.78, 5) is 29.3. The highest BCUT2D eigenvalue weighted by molar-refractivity contribution is 6.88. The van der Waals surface area contributed by atoms with Crippen LogP contribution in [0, 0.1) is 0 Å². The van der Waals surface area contributed by atoms with Crippen LogP contribution in [0.2, 0.25) is 19.6 Å². The summed E-state index contributed by atoms with van der Waals surface area (Å²) in [5.74, 6) is -0.403. The van der Waals surface area contributed by atoms with Crippen molar-refractivity contribution in [1.29, 1.82) is 0 Å². The van der Waals surface area contributed by atoms with Gasteiger partial charge in [0.2, 0.25) is 0 Å². The topological polar surface area (TPSA) is 37.4 Å². The predicted molar refractivity (Wildman–Crippen MR) is 177 cm³/mol. The fourth-order valence-corrected chi connectivity index (χ4v) is 7.67. The SMILES string of the molecule is CC1(C)c2ccccc2N(c2ccc([Si](C)(C)C)cc2)c2ccc(C=C3C(=O)c4cc5ccccc5cc4C3=O)cc21. The summed E-state index contributed by atoms with van der Waals surface area (Å²) in [6, 6.07) is 35.5. The molecule has 0 aromatic heterocycles. The number of rotatable bonds is 3. The number of ketones is 2. The van der Waals surface area contributed by atoms with E-state index in [-0.39, 0.29) is 22.6 Å². The van der Waals surface area contributed by atoms with E-state index in [1.165, 1.54) is 16.4 Å². The number of carbonyl (C=O) groups excluding carboxylic acids is 2. The maximum absolute atomic E-state index is 13.5. The average Bonchev–Trinajstić information content (AvgIpc) is 3.20. The van der Waals surface area contributed by atoms with Gasteiger partial charge >= 0.3 is 0 Å².